The Morgan fingerprint density at radius 2 is 1.57 bits per heavy atom. The van der Waals surface area contributed by atoms with Gasteiger partial charge in [0.15, 0.2) is 6.10 Å². The summed E-state index contributed by atoms with van der Waals surface area (Å²) in [7, 11) is -3.77. The van der Waals surface area contributed by atoms with Gasteiger partial charge in [-0.2, -0.15) is 0 Å². The Morgan fingerprint density at radius 3 is 2.13 bits per heavy atom. The number of esters is 1. The number of sulfonamides is 1. The first-order valence-electron chi connectivity index (χ1n) is 9.25. The first-order valence-corrected chi connectivity index (χ1v) is 10.7. The van der Waals surface area contributed by atoms with Crippen LogP contribution in [0.3, 0.4) is 0 Å². The largest absolute Gasteiger partial charge is 0.451 e. The normalized spacial score (nSPS) is 12.3. The van der Waals surface area contributed by atoms with Gasteiger partial charge in [0.25, 0.3) is 0 Å². The molecular formula is C21H24N2O6S. The van der Waals surface area contributed by atoms with Crippen molar-refractivity contribution >= 4 is 33.4 Å². The molecule has 2 rings (SSSR count). The van der Waals surface area contributed by atoms with Crippen LogP contribution >= 0.6 is 0 Å². The number of amides is 1. The second-order valence-electron chi connectivity index (χ2n) is 6.97. The third-order valence-corrected chi connectivity index (χ3v) is 5.57. The van der Waals surface area contributed by atoms with Crippen LogP contribution in [0.2, 0.25) is 0 Å². The average molecular weight is 432 g/mol. The van der Waals surface area contributed by atoms with Crippen LogP contribution in [0.15, 0.2) is 53.4 Å². The van der Waals surface area contributed by atoms with E-state index >= 15 is 0 Å². The van der Waals surface area contributed by atoms with Crippen LogP contribution in [0, 0.1) is 0 Å². The second-order valence-corrected chi connectivity index (χ2v) is 8.69. The van der Waals surface area contributed by atoms with Gasteiger partial charge in [-0.15, -0.1) is 0 Å². The van der Waals surface area contributed by atoms with E-state index in [9.17, 15) is 22.8 Å². The molecule has 2 aromatic rings. The molecule has 9 heteroatoms. The number of nitrogens with one attached hydrogen (secondary N) is 2. The number of carbonyl (C=O) groups is 3. The fraction of sp³-hybridized carbons (Fsp3) is 0.286. The fourth-order valence-corrected chi connectivity index (χ4v) is 3.90. The van der Waals surface area contributed by atoms with E-state index in [0.29, 0.717) is 11.3 Å². The lowest BCUT2D eigenvalue weighted by Gasteiger charge is -2.14. The van der Waals surface area contributed by atoms with Crippen molar-refractivity contribution in [2.45, 2.75) is 44.7 Å². The van der Waals surface area contributed by atoms with Gasteiger partial charge in [0.05, 0.1) is 10.5 Å². The van der Waals surface area contributed by atoms with Crippen molar-refractivity contribution < 1.29 is 27.5 Å². The maximum absolute atomic E-state index is 12.5. The van der Waals surface area contributed by atoms with Crippen LogP contribution < -0.4 is 10.0 Å². The van der Waals surface area contributed by atoms with Crippen LogP contribution in [0.4, 0.5) is 5.69 Å². The molecule has 8 nitrogen and oxygen atoms in total. The molecule has 0 unspecified atom stereocenters. The van der Waals surface area contributed by atoms with Crippen molar-refractivity contribution in [1.29, 1.82) is 0 Å². The topological polar surface area (TPSA) is 119 Å². The molecule has 0 aliphatic heterocycles. The predicted molar refractivity (Wildman–Crippen MR) is 112 cm³/mol. The molecule has 0 saturated carbocycles. The molecule has 0 heterocycles. The lowest BCUT2D eigenvalue weighted by Crippen LogP contribution is -2.30. The zero-order valence-corrected chi connectivity index (χ0v) is 17.9. The van der Waals surface area contributed by atoms with Crippen LogP contribution in [0.25, 0.3) is 0 Å². The highest BCUT2D eigenvalue weighted by Gasteiger charge is 2.22. The predicted octanol–water partition coefficient (Wildman–Crippen LogP) is 2.76. The smallest absolute Gasteiger partial charge is 0.338 e. The molecule has 0 saturated heterocycles. The summed E-state index contributed by atoms with van der Waals surface area (Å²) in [5.74, 6) is -1.47. The lowest BCUT2D eigenvalue weighted by molar-refractivity contribution is -0.114. The number of Topliss-reactive ketones (excluding diaryl/α,β-unsaturated/α-hetero) is 1. The molecule has 0 aromatic heterocycles. The fourth-order valence-electron chi connectivity index (χ4n) is 2.61. The number of hydrogen-bond acceptors (Lipinski definition) is 6. The van der Waals surface area contributed by atoms with Gasteiger partial charge in [-0.1, -0.05) is 6.07 Å². The first-order chi connectivity index (χ1) is 14.0. The number of anilines is 1. The molecule has 1 atom stereocenters. The van der Waals surface area contributed by atoms with Crippen LogP contribution in [0.1, 0.15) is 48.4 Å². The maximum atomic E-state index is 12.5. The van der Waals surface area contributed by atoms with Gasteiger partial charge >= 0.3 is 5.97 Å². The van der Waals surface area contributed by atoms with Gasteiger partial charge in [0, 0.05) is 24.2 Å². The number of carbonyl (C=O) groups excluding carboxylic acids is 3. The van der Waals surface area contributed by atoms with Crippen LogP contribution in [-0.4, -0.2) is 38.2 Å². The van der Waals surface area contributed by atoms with Gasteiger partial charge in [-0.25, -0.2) is 17.9 Å². The molecule has 0 aliphatic carbocycles. The molecule has 1 amide bonds. The minimum absolute atomic E-state index is 0.0160. The van der Waals surface area contributed by atoms with E-state index in [1.165, 1.54) is 50.2 Å². The number of rotatable bonds is 8. The Morgan fingerprint density at radius 1 is 0.933 bits per heavy atom. The third kappa shape index (κ3) is 6.23. The molecule has 0 spiro atoms. The summed E-state index contributed by atoms with van der Waals surface area (Å²) in [6.07, 6.45) is -1.09. The number of hydrogen-bond donors (Lipinski definition) is 2. The quantitative estimate of drug-likeness (QED) is 0.489. The highest BCUT2D eigenvalue weighted by molar-refractivity contribution is 7.89. The molecule has 0 fully saturated rings. The second kappa shape index (κ2) is 9.64. The van der Waals surface area contributed by atoms with Crippen molar-refractivity contribution in [3.63, 3.8) is 0 Å². The average Bonchev–Trinajstić information content (AvgIpc) is 2.66. The summed E-state index contributed by atoms with van der Waals surface area (Å²) in [5, 5.41) is 2.59. The molecule has 0 radical (unpaired) electrons. The Bertz CT molecular complexity index is 1050. The molecule has 30 heavy (non-hydrogen) atoms. The number of benzene rings is 2. The minimum atomic E-state index is -3.77. The summed E-state index contributed by atoms with van der Waals surface area (Å²) in [6, 6.07) is 11.3. The van der Waals surface area contributed by atoms with Gasteiger partial charge in [-0.05, 0) is 63.2 Å². The first kappa shape index (κ1) is 23.2. The van der Waals surface area contributed by atoms with E-state index in [1.807, 2.05) is 0 Å². The van der Waals surface area contributed by atoms with Crippen molar-refractivity contribution in [2.75, 3.05) is 5.32 Å². The van der Waals surface area contributed by atoms with Gasteiger partial charge in [0.2, 0.25) is 21.7 Å². The molecule has 2 N–H and O–H groups in total. The maximum Gasteiger partial charge on any atom is 0.338 e. The Hall–Kier alpha value is -3.04. The summed E-state index contributed by atoms with van der Waals surface area (Å²) in [5.41, 5.74) is 0.862. The van der Waals surface area contributed by atoms with Crippen LogP contribution in [0.5, 0.6) is 0 Å². The van der Waals surface area contributed by atoms with Gasteiger partial charge in [-0.3, -0.25) is 9.59 Å². The van der Waals surface area contributed by atoms with E-state index in [4.69, 9.17) is 4.74 Å². The summed E-state index contributed by atoms with van der Waals surface area (Å²) < 4.78 is 32.2. The minimum Gasteiger partial charge on any atom is -0.451 e. The molecule has 0 bridgehead atoms. The highest BCUT2D eigenvalue weighted by Crippen LogP contribution is 2.16. The summed E-state index contributed by atoms with van der Waals surface area (Å²) in [6.45, 7) is 6.18. The van der Waals surface area contributed by atoms with Gasteiger partial charge < -0.3 is 10.1 Å². The highest BCUT2D eigenvalue weighted by atomic mass is 32.2. The number of ether oxygens (including phenoxy) is 1. The van der Waals surface area contributed by atoms with Crippen molar-refractivity contribution in [3.8, 4) is 0 Å². The molecule has 160 valence electrons. The van der Waals surface area contributed by atoms with Crippen molar-refractivity contribution in [2.24, 2.45) is 0 Å². The molecular weight excluding hydrogens is 408 g/mol. The van der Waals surface area contributed by atoms with E-state index < -0.39 is 27.9 Å². The van der Waals surface area contributed by atoms with E-state index in [-0.39, 0.29) is 22.4 Å². The van der Waals surface area contributed by atoms with Crippen LogP contribution in [-0.2, 0) is 19.6 Å². The summed E-state index contributed by atoms with van der Waals surface area (Å²) >= 11 is 0. The Kier molecular flexibility index (Phi) is 7.47. The lowest BCUT2D eigenvalue weighted by atomic mass is 10.1. The van der Waals surface area contributed by atoms with E-state index in [2.05, 4.69) is 10.0 Å². The number of ketones is 1. The van der Waals surface area contributed by atoms with Gasteiger partial charge in [0.1, 0.15) is 0 Å². The molecule has 0 aliphatic rings. The van der Waals surface area contributed by atoms with E-state index in [1.54, 1.807) is 26.0 Å². The zero-order valence-electron chi connectivity index (χ0n) is 17.1. The van der Waals surface area contributed by atoms with Crippen molar-refractivity contribution in [1.82, 2.24) is 4.72 Å². The molecule has 2 aromatic carbocycles. The van der Waals surface area contributed by atoms with E-state index in [0.717, 1.165) is 0 Å². The third-order valence-electron chi connectivity index (χ3n) is 3.91. The SMILES string of the molecule is CC(=O)Nc1ccc(C(=O)[C@H](C)OC(=O)c2cccc(S(=O)(=O)NC(C)C)c2)cc1. The van der Waals surface area contributed by atoms with Crippen molar-refractivity contribution in [3.05, 3.63) is 59.7 Å². The summed E-state index contributed by atoms with van der Waals surface area (Å²) in [4.78, 5) is 35.9. The monoisotopic (exact) mass is 432 g/mol. The standard InChI is InChI=1S/C21H24N2O6S/c1-13(2)23-30(27,28)19-7-5-6-17(12-19)21(26)29-14(3)20(25)16-8-10-18(11-9-16)22-15(4)24/h5-14,23H,1-4H3,(H,22,24)/t14-/m0/s1. The zero-order chi connectivity index (χ0) is 22.5. The Labute approximate surface area is 175 Å². The Balaban J connectivity index is 2.11.